The second-order valence-corrected chi connectivity index (χ2v) is 10.3. The van der Waals surface area contributed by atoms with Gasteiger partial charge in [-0.05, 0) is 18.9 Å². The van der Waals surface area contributed by atoms with E-state index < -0.39 is 11.6 Å². The number of piperazine rings is 1. The maximum atomic E-state index is 15.2. The van der Waals surface area contributed by atoms with Gasteiger partial charge < -0.3 is 24.8 Å². The molecular formula is C28H34F2N6O2. The fourth-order valence-electron chi connectivity index (χ4n) is 5.14. The first kappa shape index (κ1) is 26.1. The smallest absolute Gasteiger partial charge is 0.222 e. The largest absolute Gasteiger partial charge is 0.378 e. The molecule has 202 valence electrons. The topological polar surface area (TPSA) is 73.8 Å². The monoisotopic (exact) mass is 524 g/mol. The lowest BCUT2D eigenvalue weighted by Crippen LogP contribution is -2.49. The van der Waals surface area contributed by atoms with Crippen molar-refractivity contribution >= 4 is 39.7 Å². The maximum absolute atomic E-state index is 15.2. The van der Waals surface area contributed by atoms with Gasteiger partial charge in [-0.25, -0.2) is 13.8 Å². The van der Waals surface area contributed by atoms with Crippen molar-refractivity contribution in [2.75, 3.05) is 67.6 Å². The summed E-state index contributed by atoms with van der Waals surface area (Å²) in [7, 11) is 0. The molecule has 0 saturated carbocycles. The number of benzene rings is 1. The number of pyridine rings is 2. The third-order valence-corrected chi connectivity index (χ3v) is 7.11. The molecule has 0 aliphatic carbocycles. The van der Waals surface area contributed by atoms with Crippen LogP contribution in [-0.2, 0) is 9.53 Å². The van der Waals surface area contributed by atoms with Crippen molar-refractivity contribution in [2.45, 2.75) is 27.2 Å². The third kappa shape index (κ3) is 5.50. The quantitative estimate of drug-likeness (QED) is 0.509. The van der Waals surface area contributed by atoms with Gasteiger partial charge in [0.2, 0.25) is 5.91 Å². The first-order valence-electron chi connectivity index (χ1n) is 13.2. The van der Waals surface area contributed by atoms with Gasteiger partial charge in [-0.1, -0.05) is 13.8 Å². The molecule has 1 N–H and O–H groups in total. The highest BCUT2D eigenvalue weighted by Gasteiger charge is 2.26. The Morgan fingerprint density at radius 1 is 1.03 bits per heavy atom. The van der Waals surface area contributed by atoms with E-state index in [0.29, 0.717) is 68.9 Å². The zero-order valence-electron chi connectivity index (χ0n) is 22.1. The molecule has 2 aliphatic heterocycles. The number of aromatic nitrogens is 2. The molecule has 10 heteroatoms. The van der Waals surface area contributed by atoms with E-state index in [1.54, 1.807) is 12.4 Å². The Bertz CT molecular complexity index is 1320. The first-order chi connectivity index (χ1) is 18.3. The van der Waals surface area contributed by atoms with Crippen LogP contribution in [0.5, 0.6) is 0 Å². The van der Waals surface area contributed by atoms with Gasteiger partial charge in [-0.2, -0.15) is 0 Å². The first-order valence-corrected chi connectivity index (χ1v) is 13.2. The Labute approximate surface area is 221 Å². The summed E-state index contributed by atoms with van der Waals surface area (Å²) >= 11 is 0. The van der Waals surface area contributed by atoms with Crippen LogP contribution in [0.15, 0.2) is 30.6 Å². The van der Waals surface area contributed by atoms with Gasteiger partial charge in [0.05, 0.1) is 53.6 Å². The Kier molecular flexibility index (Phi) is 7.60. The van der Waals surface area contributed by atoms with Crippen LogP contribution in [0.2, 0.25) is 0 Å². The molecule has 0 atom stereocenters. The molecule has 8 nitrogen and oxygen atoms in total. The maximum Gasteiger partial charge on any atom is 0.222 e. The molecule has 3 aromatic rings. The van der Waals surface area contributed by atoms with Crippen LogP contribution >= 0.6 is 0 Å². The van der Waals surface area contributed by atoms with E-state index in [0.717, 1.165) is 30.4 Å². The second kappa shape index (κ2) is 11.1. The van der Waals surface area contributed by atoms with Crippen LogP contribution in [0.1, 0.15) is 25.8 Å². The Balaban J connectivity index is 1.47. The Morgan fingerprint density at radius 2 is 1.76 bits per heavy atom. The summed E-state index contributed by atoms with van der Waals surface area (Å²) < 4.78 is 34.9. The number of hydrogen-bond acceptors (Lipinski definition) is 7. The van der Waals surface area contributed by atoms with Crippen LogP contribution in [-0.4, -0.2) is 73.3 Å². The number of nitrogens with zero attached hydrogens (tertiary/aromatic N) is 5. The van der Waals surface area contributed by atoms with Crippen molar-refractivity contribution in [3.05, 3.63) is 47.8 Å². The fourth-order valence-corrected chi connectivity index (χ4v) is 5.14. The molecule has 2 aromatic heterocycles. The lowest BCUT2D eigenvalue weighted by Gasteiger charge is -2.37. The van der Waals surface area contributed by atoms with E-state index in [2.05, 4.69) is 20.1 Å². The molecule has 1 aromatic carbocycles. The van der Waals surface area contributed by atoms with E-state index in [1.165, 1.54) is 6.07 Å². The zero-order chi connectivity index (χ0) is 26.8. The molecule has 0 bridgehead atoms. The number of rotatable bonds is 6. The van der Waals surface area contributed by atoms with Crippen LogP contribution in [0, 0.1) is 24.5 Å². The van der Waals surface area contributed by atoms with Crippen molar-refractivity contribution in [1.29, 1.82) is 0 Å². The lowest BCUT2D eigenvalue weighted by molar-refractivity contribution is -0.132. The van der Waals surface area contributed by atoms with Gasteiger partial charge >= 0.3 is 0 Å². The number of nitrogens with one attached hydrogen (secondary N) is 1. The zero-order valence-corrected chi connectivity index (χ0v) is 22.1. The molecule has 38 heavy (non-hydrogen) atoms. The minimum Gasteiger partial charge on any atom is -0.378 e. The van der Waals surface area contributed by atoms with Gasteiger partial charge in [0.25, 0.3) is 0 Å². The van der Waals surface area contributed by atoms with E-state index in [4.69, 9.17) is 9.72 Å². The minimum absolute atomic E-state index is 0.155. The summed E-state index contributed by atoms with van der Waals surface area (Å²) in [4.78, 5) is 27.8. The highest BCUT2D eigenvalue weighted by molar-refractivity contribution is 5.97. The number of ether oxygens (including phenoxy) is 1. The summed E-state index contributed by atoms with van der Waals surface area (Å²) in [6.45, 7) is 11.2. The van der Waals surface area contributed by atoms with Crippen LogP contribution in [0.4, 0.5) is 31.7 Å². The molecule has 2 fully saturated rings. The van der Waals surface area contributed by atoms with E-state index in [1.807, 2.05) is 31.7 Å². The van der Waals surface area contributed by atoms with Crippen molar-refractivity contribution < 1.29 is 18.3 Å². The van der Waals surface area contributed by atoms with Gasteiger partial charge in [0.15, 0.2) is 0 Å². The number of amides is 1. The summed E-state index contributed by atoms with van der Waals surface area (Å²) in [6, 6.07) is 4.12. The van der Waals surface area contributed by atoms with Crippen LogP contribution in [0.25, 0.3) is 10.9 Å². The minimum atomic E-state index is -0.677. The number of anilines is 4. The van der Waals surface area contributed by atoms with Crippen molar-refractivity contribution in [3.63, 3.8) is 0 Å². The normalized spacial score (nSPS) is 16.4. The molecular weight excluding hydrogens is 490 g/mol. The van der Waals surface area contributed by atoms with Gasteiger partial charge in [-0.3, -0.25) is 9.78 Å². The van der Waals surface area contributed by atoms with Crippen molar-refractivity contribution in [1.82, 2.24) is 14.9 Å². The SMILES string of the molecule is Cc1c(N2CCN(C(=O)CC(C)C)CC2)nc2cc(F)cc(F)c2c1Nc1cncc(N2CCOCC2)c1. The number of halogens is 2. The standard InChI is InChI=1S/C28H34F2N6O2/c1-18(2)12-25(37)35-4-6-36(7-5-35)28-19(3)27(26-23(30)13-20(29)14-24(26)33-28)32-21-15-22(17-31-16-21)34-8-10-38-11-9-34/h13-18H,4-12H2,1-3H3,(H,32,33). The summed E-state index contributed by atoms with van der Waals surface area (Å²) in [5.41, 5.74) is 3.16. The summed E-state index contributed by atoms with van der Waals surface area (Å²) in [5, 5.41) is 3.60. The van der Waals surface area contributed by atoms with Crippen molar-refractivity contribution in [2.24, 2.45) is 5.92 Å². The van der Waals surface area contributed by atoms with E-state index >= 15 is 4.39 Å². The number of fused-ring (bicyclic) bond motifs is 1. The number of morpholine rings is 1. The number of hydrogen-bond donors (Lipinski definition) is 1. The molecule has 0 radical (unpaired) electrons. The molecule has 1 amide bonds. The highest BCUT2D eigenvalue weighted by atomic mass is 19.1. The van der Waals surface area contributed by atoms with Crippen LogP contribution < -0.4 is 15.1 Å². The molecule has 2 saturated heterocycles. The second-order valence-electron chi connectivity index (χ2n) is 10.3. The van der Waals surface area contributed by atoms with E-state index in [9.17, 15) is 9.18 Å². The number of carbonyl (C=O) groups is 1. The van der Waals surface area contributed by atoms with E-state index in [-0.39, 0.29) is 16.8 Å². The third-order valence-electron chi connectivity index (χ3n) is 7.11. The summed E-state index contributed by atoms with van der Waals surface area (Å²) in [6.07, 6.45) is 4.02. The molecule has 4 heterocycles. The lowest BCUT2D eigenvalue weighted by atomic mass is 10.1. The molecule has 0 unspecified atom stereocenters. The molecule has 0 spiro atoms. The van der Waals surface area contributed by atoms with Crippen molar-refractivity contribution in [3.8, 4) is 0 Å². The predicted octanol–water partition coefficient (Wildman–Crippen LogP) is 4.49. The van der Waals surface area contributed by atoms with Crippen LogP contribution in [0.3, 0.4) is 0 Å². The molecule has 2 aliphatic rings. The number of carbonyl (C=O) groups excluding carboxylic acids is 1. The van der Waals surface area contributed by atoms with Gasteiger partial charge in [-0.15, -0.1) is 0 Å². The average molecular weight is 525 g/mol. The highest BCUT2D eigenvalue weighted by Crippen LogP contribution is 2.37. The Morgan fingerprint density at radius 3 is 2.47 bits per heavy atom. The summed E-state index contributed by atoms with van der Waals surface area (Å²) in [5.74, 6) is -0.241. The van der Waals surface area contributed by atoms with Gasteiger partial charge in [0, 0.05) is 63.4 Å². The van der Waals surface area contributed by atoms with Gasteiger partial charge in [0.1, 0.15) is 17.5 Å². The fraction of sp³-hybridized carbons (Fsp3) is 0.464. The predicted molar refractivity (Wildman–Crippen MR) is 145 cm³/mol. The Hall–Kier alpha value is -3.53. The average Bonchev–Trinajstić information content (AvgIpc) is 2.90. The molecule has 5 rings (SSSR count).